The zero-order chi connectivity index (χ0) is 16.8. The van der Waals surface area contributed by atoms with Crippen molar-refractivity contribution in [2.45, 2.75) is 59.0 Å². The molecule has 0 spiro atoms. The molecular weight excluding hydrogens is 288 g/mol. The molecule has 1 aliphatic heterocycles. The summed E-state index contributed by atoms with van der Waals surface area (Å²) in [5.41, 5.74) is 4.08. The smallest absolute Gasteiger partial charge is 0.132 e. The van der Waals surface area contributed by atoms with Crippen molar-refractivity contribution in [3.63, 3.8) is 0 Å². The molecule has 2 bridgehead atoms. The minimum absolute atomic E-state index is 0.113. The quantitative estimate of drug-likeness (QED) is 0.571. The SMILES string of the molecule is C=C(C)[C@H]1CC[C@]2(C)C[C@H]1C1=C([C@H]2CC=O)[C@@H](CC(C)=O)OC1. The van der Waals surface area contributed by atoms with E-state index < -0.39 is 0 Å². The third-order valence-electron chi connectivity index (χ3n) is 6.46. The lowest BCUT2D eigenvalue weighted by atomic mass is 9.51. The van der Waals surface area contributed by atoms with E-state index in [0.29, 0.717) is 31.3 Å². The van der Waals surface area contributed by atoms with Gasteiger partial charge in [0, 0.05) is 12.8 Å². The van der Waals surface area contributed by atoms with Crippen LogP contribution < -0.4 is 0 Å². The van der Waals surface area contributed by atoms with E-state index in [9.17, 15) is 9.59 Å². The van der Waals surface area contributed by atoms with E-state index in [1.54, 1.807) is 6.92 Å². The first-order valence-electron chi connectivity index (χ1n) is 8.80. The fourth-order valence-electron chi connectivity index (χ4n) is 5.36. The molecule has 0 aromatic heterocycles. The molecule has 0 unspecified atom stereocenters. The average Bonchev–Trinajstić information content (AvgIpc) is 2.86. The number of ketones is 1. The molecule has 3 rings (SSSR count). The van der Waals surface area contributed by atoms with Gasteiger partial charge in [-0.2, -0.15) is 0 Å². The first-order valence-corrected chi connectivity index (χ1v) is 8.80. The number of hydrogen-bond acceptors (Lipinski definition) is 3. The number of aldehydes is 1. The van der Waals surface area contributed by atoms with Crippen molar-refractivity contribution >= 4 is 12.1 Å². The molecule has 2 aliphatic carbocycles. The van der Waals surface area contributed by atoms with Crippen molar-refractivity contribution < 1.29 is 14.3 Å². The third-order valence-corrected chi connectivity index (χ3v) is 6.46. The lowest BCUT2D eigenvalue weighted by Gasteiger charge is -2.52. The van der Waals surface area contributed by atoms with Gasteiger partial charge in [-0.25, -0.2) is 0 Å². The lowest BCUT2D eigenvalue weighted by molar-refractivity contribution is -0.118. The molecule has 3 aliphatic rings. The summed E-state index contributed by atoms with van der Waals surface area (Å²) in [4.78, 5) is 23.0. The first-order chi connectivity index (χ1) is 10.9. The van der Waals surface area contributed by atoms with Gasteiger partial charge in [0.05, 0.1) is 12.7 Å². The van der Waals surface area contributed by atoms with Crippen LogP contribution in [0.15, 0.2) is 23.3 Å². The largest absolute Gasteiger partial charge is 0.369 e. The second-order valence-corrected chi connectivity index (χ2v) is 8.10. The van der Waals surface area contributed by atoms with Crippen LogP contribution in [0.2, 0.25) is 0 Å². The number of rotatable bonds is 5. The topological polar surface area (TPSA) is 43.4 Å². The van der Waals surface area contributed by atoms with Crippen LogP contribution in [0.5, 0.6) is 0 Å². The molecule has 0 saturated heterocycles. The summed E-state index contributed by atoms with van der Waals surface area (Å²) in [7, 11) is 0. The summed E-state index contributed by atoms with van der Waals surface area (Å²) in [6.07, 6.45) is 5.33. The van der Waals surface area contributed by atoms with Crippen LogP contribution in [0.4, 0.5) is 0 Å². The van der Waals surface area contributed by atoms with Gasteiger partial charge in [-0.15, -0.1) is 0 Å². The van der Waals surface area contributed by atoms with Crippen LogP contribution in [0.3, 0.4) is 0 Å². The number of Topliss-reactive ketones (excluding diaryl/α,β-unsaturated/α-hetero) is 1. The molecular formula is C20H28O3. The number of carbonyl (C=O) groups excluding carboxylic acids is 2. The zero-order valence-electron chi connectivity index (χ0n) is 14.6. The standard InChI is InChI=1S/C20H28O3/c1-12(2)14-5-7-20(4)10-15(14)16-11-23-18(9-13(3)22)19(16)17(20)6-8-21/h8,14-15,17-18H,1,5-7,9-11H2,2-4H3/t14-,15-,17-,18-,20-/m1/s1. The van der Waals surface area contributed by atoms with Gasteiger partial charge in [0.1, 0.15) is 12.1 Å². The van der Waals surface area contributed by atoms with Crippen LogP contribution in [0.25, 0.3) is 0 Å². The van der Waals surface area contributed by atoms with Gasteiger partial charge >= 0.3 is 0 Å². The fourth-order valence-corrected chi connectivity index (χ4v) is 5.36. The van der Waals surface area contributed by atoms with Crippen LogP contribution in [-0.4, -0.2) is 24.8 Å². The third kappa shape index (κ3) is 2.73. The van der Waals surface area contributed by atoms with Gasteiger partial charge in [-0.3, -0.25) is 4.79 Å². The Balaban J connectivity index is 2.05. The number of hydrogen-bond donors (Lipinski definition) is 0. The van der Waals surface area contributed by atoms with E-state index in [1.807, 2.05) is 0 Å². The summed E-state index contributed by atoms with van der Waals surface area (Å²) in [6.45, 7) is 10.9. The highest BCUT2D eigenvalue weighted by atomic mass is 16.5. The molecule has 23 heavy (non-hydrogen) atoms. The number of carbonyl (C=O) groups is 2. The molecule has 1 heterocycles. The highest BCUT2D eigenvalue weighted by Crippen LogP contribution is 2.60. The summed E-state index contributed by atoms with van der Waals surface area (Å²) in [5, 5.41) is 0. The normalized spacial score (nSPS) is 39.1. The Morgan fingerprint density at radius 3 is 2.78 bits per heavy atom. The molecule has 3 nitrogen and oxygen atoms in total. The Morgan fingerprint density at radius 1 is 1.43 bits per heavy atom. The summed E-state index contributed by atoms with van der Waals surface area (Å²) < 4.78 is 6.03. The predicted octanol–water partition coefficient (Wildman–Crippen LogP) is 3.88. The maximum Gasteiger partial charge on any atom is 0.132 e. The van der Waals surface area contributed by atoms with Gasteiger partial charge in [-0.05, 0) is 67.4 Å². The van der Waals surface area contributed by atoms with E-state index in [1.165, 1.54) is 16.7 Å². The molecule has 0 amide bonds. The summed E-state index contributed by atoms with van der Waals surface area (Å²) in [6, 6.07) is 0. The summed E-state index contributed by atoms with van der Waals surface area (Å²) >= 11 is 0. The number of allylic oxidation sites excluding steroid dienone is 1. The molecule has 1 fully saturated rings. The van der Waals surface area contributed by atoms with Crippen LogP contribution in [0.1, 0.15) is 52.9 Å². The molecule has 1 saturated carbocycles. The Morgan fingerprint density at radius 2 is 2.17 bits per heavy atom. The van der Waals surface area contributed by atoms with Crippen molar-refractivity contribution in [1.82, 2.24) is 0 Å². The van der Waals surface area contributed by atoms with E-state index >= 15 is 0 Å². The monoisotopic (exact) mass is 316 g/mol. The molecule has 5 atom stereocenters. The fraction of sp³-hybridized carbons (Fsp3) is 0.700. The van der Waals surface area contributed by atoms with Crippen LogP contribution in [-0.2, 0) is 14.3 Å². The summed E-state index contributed by atoms with van der Waals surface area (Å²) in [5.74, 6) is 1.40. The first kappa shape index (κ1) is 16.6. The second kappa shape index (κ2) is 6.01. The highest BCUT2D eigenvalue weighted by Gasteiger charge is 2.53. The second-order valence-electron chi connectivity index (χ2n) is 8.10. The van der Waals surface area contributed by atoms with E-state index in [0.717, 1.165) is 25.5 Å². The zero-order valence-corrected chi connectivity index (χ0v) is 14.6. The minimum atomic E-state index is -0.113. The van der Waals surface area contributed by atoms with Crippen LogP contribution in [0, 0.1) is 23.2 Å². The molecule has 126 valence electrons. The lowest BCUT2D eigenvalue weighted by Crippen LogP contribution is -2.44. The van der Waals surface area contributed by atoms with Crippen molar-refractivity contribution in [2.24, 2.45) is 23.2 Å². The maximum absolute atomic E-state index is 11.7. The van der Waals surface area contributed by atoms with E-state index in [-0.39, 0.29) is 23.2 Å². The van der Waals surface area contributed by atoms with Gasteiger partial charge in [0.25, 0.3) is 0 Å². The Hall–Kier alpha value is -1.22. The van der Waals surface area contributed by atoms with Crippen LogP contribution >= 0.6 is 0 Å². The Bertz CT molecular complexity index is 573. The molecule has 3 heteroatoms. The Kier molecular flexibility index (Phi) is 4.35. The molecule has 0 aromatic carbocycles. The molecule has 0 radical (unpaired) electrons. The maximum atomic E-state index is 11.7. The van der Waals surface area contributed by atoms with Gasteiger partial charge in [-0.1, -0.05) is 19.1 Å². The molecule has 0 aromatic rings. The number of ether oxygens (including phenoxy) is 1. The van der Waals surface area contributed by atoms with Gasteiger partial charge in [0.2, 0.25) is 0 Å². The molecule has 0 N–H and O–H groups in total. The Labute approximate surface area is 139 Å². The number of fused-ring (bicyclic) bond motifs is 3. The van der Waals surface area contributed by atoms with Crippen molar-refractivity contribution in [3.05, 3.63) is 23.3 Å². The average molecular weight is 316 g/mol. The van der Waals surface area contributed by atoms with Crippen molar-refractivity contribution in [1.29, 1.82) is 0 Å². The van der Waals surface area contributed by atoms with Gasteiger partial charge in [0.15, 0.2) is 0 Å². The van der Waals surface area contributed by atoms with Crippen molar-refractivity contribution in [3.8, 4) is 0 Å². The van der Waals surface area contributed by atoms with E-state index in [4.69, 9.17) is 4.74 Å². The highest BCUT2D eigenvalue weighted by molar-refractivity contribution is 5.76. The van der Waals surface area contributed by atoms with Gasteiger partial charge < -0.3 is 9.53 Å². The van der Waals surface area contributed by atoms with E-state index in [2.05, 4.69) is 20.4 Å². The predicted molar refractivity (Wildman–Crippen MR) is 90.0 cm³/mol. The van der Waals surface area contributed by atoms with Crippen molar-refractivity contribution in [2.75, 3.05) is 6.61 Å². The minimum Gasteiger partial charge on any atom is -0.369 e.